The van der Waals surface area contributed by atoms with E-state index in [9.17, 15) is 19.5 Å². The lowest BCUT2D eigenvalue weighted by atomic mass is 9.85. The minimum Gasteiger partial charge on any atom is -0.481 e. The molecular weight excluding hydrogens is 272 g/mol. The van der Waals surface area contributed by atoms with E-state index in [1.807, 2.05) is 0 Å². The van der Waals surface area contributed by atoms with Crippen LogP contribution in [0.1, 0.15) is 64.7 Å². The summed E-state index contributed by atoms with van der Waals surface area (Å²) in [6, 6.07) is 0. The second-order valence-electron chi connectivity index (χ2n) is 6.10. The molecule has 3 atom stereocenters. The summed E-state index contributed by atoms with van der Waals surface area (Å²) in [5.74, 6) is -0.775. The molecule has 5 heteroatoms. The second-order valence-corrected chi connectivity index (χ2v) is 6.10. The average molecular weight is 298 g/mol. The van der Waals surface area contributed by atoms with Gasteiger partial charge in [-0.15, -0.1) is 0 Å². The Labute approximate surface area is 125 Å². The van der Waals surface area contributed by atoms with Gasteiger partial charge in [-0.2, -0.15) is 0 Å². The Morgan fingerprint density at radius 1 is 1.10 bits per heavy atom. The number of hydrogen-bond acceptors (Lipinski definition) is 4. The Hall–Kier alpha value is -1.23. The quantitative estimate of drug-likeness (QED) is 0.604. The van der Waals surface area contributed by atoms with E-state index in [4.69, 9.17) is 5.11 Å². The summed E-state index contributed by atoms with van der Waals surface area (Å²) in [6.45, 7) is 1.53. The summed E-state index contributed by atoms with van der Waals surface area (Å²) in [7, 11) is 0. The third-order valence-electron chi connectivity index (χ3n) is 4.32. The molecule has 0 spiro atoms. The van der Waals surface area contributed by atoms with Gasteiger partial charge in [0.25, 0.3) is 0 Å². The Morgan fingerprint density at radius 2 is 1.76 bits per heavy atom. The Kier molecular flexibility index (Phi) is 7.57. The molecule has 1 saturated carbocycles. The highest BCUT2D eigenvalue weighted by Gasteiger charge is 2.40. The monoisotopic (exact) mass is 298 g/mol. The number of aliphatic carboxylic acids is 1. The topological polar surface area (TPSA) is 91.7 Å². The Balaban J connectivity index is 2.31. The molecule has 1 fully saturated rings. The van der Waals surface area contributed by atoms with Crippen molar-refractivity contribution in [1.29, 1.82) is 0 Å². The normalized spacial score (nSPS) is 25.2. The predicted octanol–water partition coefficient (Wildman–Crippen LogP) is 2.35. The van der Waals surface area contributed by atoms with E-state index in [2.05, 4.69) is 0 Å². The van der Waals surface area contributed by atoms with E-state index in [-0.39, 0.29) is 36.2 Å². The van der Waals surface area contributed by atoms with Crippen molar-refractivity contribution in [2.75, 3.05) is 0 Å². The zero-order valence-electron chi connectivity index (χ0n) is 12.7. The van der Waals surface area contributed by atoms with E-state index < -0.39 is 12.1 Å². The molecule has 0 aromatic carbocycles. The summed E-state index contributed by atoms with van der Waals surface area (Å²) in [5, 5.41) is 18.5. The maximum atomic E-state index is 11.9. The Morgan fingerprint density at radius 3 is 2.38 bits per heavy atom. The van der Waals surface area contributed by atoms with Gasteiger partial charge in [-0.3, -0.25) is 9.59 Å². The summed E-state index contributed by atoms with van der Waals surface area (Å²) in [5.41, 5.74) is 0. The van der Waals surface area contributed by atoms with Gasteiger partial charge in [0.2, 0.25) is 0 Å². The largest absolute Gasteiger partial charge is 0.481 e. The van der Waals surface area contributed by atoms with Crippen LogP contribution in [0.4, 0.5) is 0 Å². The van der Waals surface area contributed by atoms with Crippen molar-refractivity contribution in [3.63, 3.8) is 0 Å². The molecule has 0 heterocycles. The van der Waals surface area contributed by atoms with Gasteiger partial charge in [0.05, 0.1) is 6.10 Å². The minimum absolute atomic E-state index is 0.0829. The highest BCUT2D eigenvalue weighted by Crippen LogP contribution is 2.36. The summed E-state index contributed by atoms with van der Waals surface area (Å²) < 4.78 is 0. The first-order chi connectivity index (χ1) is 9.91. The molecule has 0 aromatic rings. The van der Waals surface area contributed by atoms with Crippen molar-refractivity contribution in [2.45, 2.75) is 70.8 Å². The molecule has 1 aliphatic rings. The van der Waals surface area contributed by atoms with E-state index in [0.29, 0.717) is 19.3 Å². The number of carbonyl (C=O) groups is 3. The molecule has 0 amide bonds. The standard InChI is InChI=1S/C16H26O5/c1-11(17)8-9-13-12(14(18)10-15(13)19)6-4-2-3-5-7-16(20)21/h12-13,15,19H,2-10H2,1H3,(H,20,21)/t12-,13+,15+/m0/s1. The van der Waals surface area contributed by atoms with Crippen molar-refractivity contribution in [1.82, 2.24) is 0 Å². The van der Waals surface area contributed by atoms with Gasteiger partial charge in [0.15, 0.2) is 0 Å². The van der Waals surface area contributed by atoms with Crippen molar-refractivity contribution < 1.29 is 24.6 Å². The van der Waals surface area contributed by atoms with Gasteiger partial charge in [0, 0.05) is 25.2 Å². The predicted molar refractivity (Wildman–Crippen MR) is 77.9 cm³/mol. The SMILES string of the molecule is CC(=O)CC[C@H]1[C@H](O)CC(=O)[C@H]1CCCCCCC(=O)O. The zero-order chi connectivity index (χ0) is 15.8. The van der Waals surface area contributed by atoms with Gasteiger partial charge in [-0.1, -0.05) is 19.3 Å². The van der Waals surface area contributed by atoms with Crippen LogP contribution in [0, 0.1) is 11.8 Å². The molecule has 0 aliphatic heterocycles. The number of carboxylic acid groups (broad SMARTS) is 1. The zero-order valence-corrected chi connectivity index (χ0v) is 12.7. The molecule has 0 unspecified atom stereocenters. The summed E-state index contributed by atoms with van der Waals surface area (Å²) in [4.78, 5) is 33.4. The minimum atomic E-state index is -0.770. The molecule has 0 bridgehead atoms. The molecule has 1 rings (SSSR count). The first kappa shape index (κ1) is 17.8. The molecule has 0 radical (unpaired) electrons. The number of aliphatic hydroxyl groups excluding tert-OH is 1. The van der Waals surface area contributed by atoms with Crippen molar-refractivity contribution >= 4 is 17.5 Å². The van der Waals surface area contributed by atoms with E-state index in [0.717, 1.165) is 25.7 Å². The molecule has 120 valence electrons. The fourth-order valence-corrected chi connectivity index (χ4v) is 3.15. The highest BCUT2D eigenvalue weighted by molar-refractivity contribution is 5.84. The lowest BCUT2D eigenvalue weighted by Gasteiger charge is -2.20. The maximum Gasteiger partial charge on any atom is 0.303 e. The van der Waals surface area contributed by atoms with Crippen LogP contribution in [0.2, 0.25) is 0 Å². The second kappa shape index (κ2) is 8.93. The van der Waals surface area contributed by atoms with Crippen LogP contribution in [-0.4, -0.2) is 33.9 Å². The van der Waals surface area contributed by atoms with E-state index >= 15 is 0 Å². The Bertz CT molecular complexity index is 377. The molecule has 2 N–H and O–H groups in total. The molecule has 1 aliphatic carbocycles. The van der Waals surface area contributed by atoms with E-state index in [1.54, 1.807) is 0 Å². The number of carboxylic acids is 1. The number of hydrogen-bond donors (Lipinski definition) is 2. The van der Waals surface area contributed by atoms with Crippen LogP contribution in [0.25, 0.3) is 0 Å². The van der Waals surface area contributed by atoms with Gasteiger partial charge in [-0.05, 0) is 32.1 Å². The smallest absolute Gasteiger partial charge is 0.303 e. The number of unbranched alkanes of at least 4 members (excludes halogenated alkanes) is 3. The van der Waals surface area contributed by atoms with Gasteiger partial charge in [0.1, 0.15) is 11.6 Å². The van der Waals surface area contributed by atoms with Crippen LogP contribution in [0.15, 0.2) is 0 Å². The average Bonchev–Trinajstić information content (AvgIpc) is 2.65. The van der Waals surface area contributed by atoms with Crippen molar-refractivity contribution in [3.8, 4) is 0 Å². The van der Waals surface area contributed by atoms with Gasteiger partial charge in [-0.25, -0.2) is 0 Å². The molecule has 5 nitrogen and oxygen atoms in total. The maximum absolute atomic E-state index is 11.9. The van der Waals surface area contributed by atoms with Crippen molar-refractivity contribution in [3.05, 3.63) is 0 Å². The number of aliphatic hydroxyl groups is 1. The first-order valence-corrected chi connectivity index (χ1v) is 7.83. The van der Waals surface area contributed by atoms with E-state index in [1.165, 1.54) is 6.92 Å². The van der Waals surface area contributed by atoms with Crippen LogP contribution in [0.5, 0.6) is 0 Å². The fraction of sp³-hybridized carbons (Fsp3) is 0.812. The van der Waals surface area contributed by atoms with Crippen LogP contribution < -0.4 is 0 Å². The first-order valence-electron chi connectivity index (χ1n) is 7.83. The van der Waals surface area contributed by atoms with Crippen LogP contribution in [0.3, 0.4) is 0 Å². The third kappa shape index (κ3) is 6.38. The molecule has 0 aromatic heterocycles. The van der Waals surface area contributed by atoms with Crippen LogP contribution in [-0.2, 0) is 14.4 Å². The number of Topliss-reactive ketones (excluding diaryl/α,β-unsaturated/α-hetero) is 2. The lowest BCUT2D eigenvalue weighted by Crippen LogP contribution is -2.21. The molecule has 21 heavy (non-hydrogen) atoms. The van der Waals surface area contributed by atoms with Gasteiger partial charge < -0.3 is 15.0 Å². The molecule has 0 saturated heterocycles. The fourth-order valence-electron chi connectivity index (χ4n) is 3.15. The summed E-state index contributed by atoms with van der Waals surface area (Å²) in [6.07, 6.45) is 4.87. The van der Waals surface area contributed by atoms with Crippen LogP contribution >= 0.6 is 0 Å². The van der Waals surface area contributed by atoms with Gasteiger partial charge >= 0.3 is 5.97 Å². The third-order valence-corrected chi connectivity index (χ3v) is 4.32. The van der Waals surface area contributed by atoms with Crippen molar-refractivity contribution in [2.24, 2.45) is 11.8 Å². The number of ketones is 2. The highest BCUT2D eigenvalue weighted by atomic mass is 16.4. The number of rotatable bonds is 10. The summed E-state index contributed by atoms with van der Waals surface area (Å²) >= 11 is 0. The molecular formula is C16H26O5. The lowest BCUT2D eigenvalue weighted by molar-refractivity contribution is -0.137. The number of carbonyl (C=O) groups excluding carboxylic acids is 2.